The molecule has 0 saturated carbocycles. The predicted octanol–water partition coefficient (Wildman–Crippen LogP) is 5.60. The van der Waals surface area contributed by atoms with Crippen LogP contribution in [0.15, 0.2) is 109 Å². The average Bonchev–Trinajstić information content (AvgIpc) is 2.50. The molecule has 0 fully saturated rings. The first-order chi connectivity index (χ1) is 9.97. The minimum Gasteiger partial charge on any atom is -0.0623 e. The van der Waals surface area contributed by atoms with E-state index >= 15 is 0 Å². The van der Waals surface area contributed by atoms with Gasteiger partial charge in [0.25, 0.3) is 0 Å². The second-order valence-corrected chi connectivity index (χ2v) is 4.27. The molecule has 2 aromatic rings. The van der Waals surface area contributed by atoms with Crippen molar-refractivity contribution in [1.82, 2.24) is 0 Å². The molecule has 0 heterocycles. The third kappa shape index (κ3) is 4.95. The second kappa shape index (κ2) is 8.49. The van der Waals surface area contributed by atoms with Gasteiger partial charge < -0.3 is 0 Å². The maximum Gasteiger partial charge on any atom is -0.0184 e. The molecule has 0 spiro atoms. The third-order valence-electron chi connectivity index (χ3n) is 2.77. The Morgan fingerprint density at radius 3 is 0.700 bits per heavy atom. The monoisotopic (exact) mass is 258 g/mol. The quantitative estimate of drug-likeness (QED) is 0.624. The summed E-state index contributed by atoms with van der Waals surface area (Å²) in [6.07, 6.45) is 0. The Morgan fingerprint density at radius 1 is 0.250 bits per heavy atom. The van der Waals surface area contributed by atoms with Gasteiger partial charge >= 0.3 is 0 Å². The lowest BCUT2D eigenvalue weighted by molar-refractivity contribution is 1.65. The summed E-state index contributed by atoms with van der Waals surface area (Å²) in [4.78, 5) is 0. The molecule has 0 N–H and O–H groups in total. The van der Waals surface area contributed by atoms with Crippen LogP contribution in [-0.2, 0) is 0 Å². The van der Waals surface area contributed by atoms with Crippen molar-refractivity contribution in [1.29, 1.82) is 0 Å². The Labute approximate surface area is 121 Å². The molecule has 0 radical (unpaired) electrons. The molecule has 0 aliphatic carbocycles. The highest BCUT2D eigenvalue weighted by Gasteiger charge is 1.89. The fraction of sp³-hybridized carbons (Fsp3) is 0. The summed E-state index contributed by atoms with van der Waals surface area (Å²) in [5, 5.41) is 0. The highest BCUT2D eigenvalue weighted by Crippen LogP contribution is 2.15. The number of hydrogen-bond acceptors (Lipinski definition) is 0. The largest absolute Gasteiger partial charge is 0.0623 e. The molecule has 0 unspecified atom stereocenters. The molecule has 2 aromatic carbocycles. The molecule has 2 rings (SSSR count). The van der Waals surface area contributed by atoms with Gasteiger partial charge in [0.15, 0.2) is 0 Å². The van der Waals surface area contributed by atoms with Crippen molar-refractivity contribution < 1.29 is 0 Å². The van der Waals surface area contributed by atoms with Crippen LogP contribution in [0.5, 0.6) is 0 Å². The summed E-state index contributed by atoms with van der Waals surface area (Å²) in [7, 11) is 0. The topological polar surface area (TPSA) is 0 Å². The van der Waals surface area contributed by atoms with Gasteiger partial charge in [0, 0.05) is 0 Å². The molecule has 0 aromatic heterocycles. The van der Waals surface area contributed by atoms with E-state index in [4.69, 9.17) is 0 Å². The zero-order chi connectivity index (χ0) is 13.9. The molecule has 0 atom stereocenters. The SMILES string of the molecule is c1ccccc(-c2ccccccccc2)cccc1. The van der Waals surface area contributed by atoms with Crippen LogP contribution in [0.3, 0.4) is 0 Å². The van der Waals surface area contributed by atoms with Crippen LogP contribution < -0.4 is 0 Å². The molecule has 0 aliphatic heterocycles. The van der Waals surface area contributed by atoms with Crippen LogP contribution in [0.1, 0.15) is 0 Å². The zero-order valence-corrected chi connectivity index (χ0v) is 11.4. The van der Waals surface area contributed by atoms with E-state index in [9.17, 15) is 0 Å². The molecule has 0 nitrogen and oxygen atoms in total. The Kier molecular flexibility index (Phi) is 5.87. The Morgan fingerprint density at radius 2 is 0.450 bits per heavy atom. The number of rotatable bonds is 1. The maximum absolute atomic E-state index is 2.12. The molecule has 0 bridgehead atoms. The first-order valence-electron chi connectivity index (χ1n) is 6.74. The molecular weight excluding hydrogens is 240 g/mol. The van der Waals surface area contributed by atoms with Gasteiger partial charge in [-0.1, -0.05) is 109 Å². The van der Waals surface area contributed by atoms with Gasteiger partial charge in [-0.05, 0) is 11.1 Å². The Hall–Kier alpha value is -2.60. The van der Waals surface area contributed by atoms with Crippen molar-refractivity contribution >= 4 is 0 Å². The van der Waals surface area contributed by atoms with E-state index < -0.39 is 0 Å². The molecule has 0 amide bonds. The first kappa shape index (κ1) is 13.8. The van der Waals surface area contributed by atoms with Crippen LogP contribution in [0.4, 0.5) is 0 Å². The van der Waals surface area contributed by atoms with Crippen molar-refractivity contribution in [2.45, 2.75) is 0 Å². The highest BCUT2D eigenvalue weighted by molar-refractivity contribution is 5.61. The van der Waals surface area contributed by atoms with Crippen LogP contribution in [0.25, 0.3) is 11.1 Å². The highest BCUT2D eigenvalue weighted by atomic mass is 13.9. The van der Waals surface area contributed by atoms with Crippen LogP contribution >= 0.6 is 0 Å². The van der Waals surface area contributed by atoms with Gasteiger partial charge in [-0.15, -0.1) is 0 Å². The minimum absolute atomic E-state index is 1.18. The van der Waals surface area contributed by atoms with Crippen LogP contribution in [0, 0.1) is 0 Å². The number of hydrogen-bond donors (Lipinski definition) is 0. The fourth-order valence-corrected chi connectivity index (χ4v) is 1.77. The first-order valence-corrected chi connectivity index (χ1v) is 6.74. The van der Waals surface area contributed by atoms with E-state index in [0.717, 1.165) is 0 Å². The third-order valence-corrected chi connectivity index (χ3v) is 2.77. The van der Waals surface area contributed by atoms with Crippen LogP contribution in [-0.4, -0.2) is 0 Å². The maximum atomic E-state index is 2.12. The Balaban J connectivity index is 2.56. The molecular formula is C20H18. The smallest absolute Gasteiger partial charge is 0.0184 e. The summed E-state index contributed by atoms with van der Waals surface area (Å²) in [5.74, 6) is 0. The molecule has 0 saturated heterocycles. The van der Waals surface area contributed by atoms with E-state index in [0.29, 0.717) is 0 Å². The lowest BCUT2D eigenvalue weighted by Gasteiger charge is -1.95. The van der Waals surface area contributed by atoms with Gasteiger partial charge in [0.2, 0.25) is 0 Å². The van der Waals surface area contributed by atoms with Crippen molar-refractivity contribution in [3.05, 3.63) is 109 Å². The van der Waals surface area contributed by atoms with Crippen molar-refractivity contribution in [2.75, 3.05) is 0 Å². The molecule has 98 valence electrons. The van der Waals surface area contributed by atoms with Gasteiger partial charge in [0.1, 0.15) is 0 Å². The average molecular weight is 258 g/mol. The standard InChI is InChI=1S/C20H18/c1-3-7-11-15-19(16-12-8-4-1)20-17-13-9-5-2-6-10-14-18-20/h1-18H. The minimum atomic E-state index is 1.18. The van der Waals surface area contributed by atoms with E-state index in [1.807, 2.05) is 60.7 Å². The van der Waals surface area contributed by atoms with Crippen LogP contribution in [0.2, 0.25) is 0 Å². The van der Waals surface area contributed by atoms with E-state index in [1.54, 1.807) is 0 Å². The second-order valence-electron chi connectivity index (χ2n) is 4.27. The van der Waals surface area contributed by atoms with E-state index in [-0.39, 0.29) is 0 Å². The normalized spacial score (nSPS) is 9.00. The summed E-state index contributed by atoms with van der Waals surface area (Å²) < 4.78 is 0. The van der Waals surface area contributed by atoms with Crippen molar-refractivity contribution in [2.24, 2.45) is 0 Å². The summed E-state index contributed by atoms with van der Waals surface area (Å²) in [6.45, 7) is 0. The van der Waals surface area contributed by atoms with E-state index in [1.165, 1.54) is 11.1 Å². The predicted molar refractivity (Wildman–Crippen MR) is 87.1 cm³/mol. The van der Waals surface area contributed by atoms with Gasteiger partial charge in [-0.2, -0.15) is 0 Å². The summed E-state index contributed by atoms with van der Waals surface area (Å²) in [6, 6.07) is 37.0. The zero-order valence-electron chi connectivity index (χ0n) is 11.4. The van der Waals surface area contributed by atoms with E-state index in [2.05, 4.69) is 48.5 Å². The Bertz CT molecular complexity index is 533. The summed E-state index contributed by atoms with van der Waals surface area (Å²) in [5.41, 5.74) is 2.36. The lowest BCUT2D eigenvalue weighted by Crippen LogP contribution is -1.70. The lowest BCUT2D eigenvalue weighted by atomic mass is 10.1. The van der Waals surface area contributed by atoms with Gasteiger partial charge in [-0.25, -0.2) is 0 Å². The van der Waals surface area contributed by atoms with Crippen molar-refractivity contribution in [3.8, 4) is 11.1 Å². The van der Waals surface area contributed by atoms with Gasteiger partial charge in [-0.3, -0.25) is 0 Å². The fourth-order valence-electron chi connectivity index (χ4n) is 1.77. The van der Waals surface area contributed by atoms with Crippen molar-refractivity contribution in [3.63, 3.8) is 0 Å². The molecule has 20 heavy (non-hydrogen) atoms. The molecule has 0 aliphatic rings. The molecule has 0 heteroatoms. The van der Waals surface area contributed by atoms with Gasteiger partial charge in [0.05, 0.1) is 0 Å². The summed E-state index contributed by atoms with van der Waals surface area (Å²) >= 11 is 0.